The number of carbonyl (C=O) groups excluding carboxylic acids is 1. The Morgan fingerprint density at radius 1 is 0.839 bits per heavy atom. The molecule has 0 aliphatic carbocycles. The van der Waals surface area contributed by atoms with Crippen molar-refractivity contribution in [2.75, 3.05) is 12.4 Å². The molecule has 5 aromatic rings. The number of nitrogens with one attached hydrogen (secondary N) is 1. The number of benzene rings is 3. The molecule has 2 aromatic heterocycles. The highest BCUT2D eigenvalue weighted by molar-refractivity contribution is 6.15. The molecule has 0 aliphatic rings. The molecule has 0 spiro atoms. The maximum atomic E-state index is 13.4. The van der Waals surface area contributed by atoms with E-state index in [0.29, 0.717) is 5.56 Å². The molecule has 150 valence electrons. The fraction of sp³-hybridized carbons (Fsp3) is 0.0385. The summed E-state index contributed by atoms with van der Waals surface area (Å²) in [5.74, 6) is 0.580. The van der Waals surface area contributed by atoms with Crippen LogP contribution in [-0.2, 0) is 0 Å². The number of hydrogen-bond donors (Lipinski definition) is 1. The molecule has 0 saturated carbocycles. The number of methoxy groups -OCH3 is 1. The highest BCUT2D eigenvalue weighted by atomic mass is 16.5. The number of nitrogens with zero attached hydrogens (tertiary/aromatic N) is 2. The van der Waals surface area contributed by atoms with E-state index in [1.54, 1.807) is 13.3 Å². The van der Waals surface area contributed by atoms with Gasteiger partial charge in [0.25, 0.3) is 5.91 Å². The van der Waals surface area contributed by atoms with Crippen LogP contribution in [-0.4, -0.2) is 23.0 Å². The van der Waals surface area contributed by atoms with Gasteiger partial charge in [-0.1, -0.05) is 24.3 Å². The Balaban J connectivity index is 1.60. The summed E-state index contributed by atoms with van der Waals surface area (Å²) >= 11 is 0. The third-order valence-corrected chi connectivity index (χ3v) is 5.24. The number of fused-ring (bicyclic) bond motifs is 2. The summed E-state index contributed by atoms with van der Waals surface area (Å²) in [4.78, 5) is 22.5. The van der Waals surface area contributed by atoms with Crippen LogP contribution >= 0.6 is 0 Å². The van der Waals surface area contributed by atoms with Gasteiger partial charge in [0.2, 0.25) is 0 Å². The van der Waals surface area contributed by atoms with E-state index in [1.807, 2.05) is 84.9 Å². The van der Waals surface area contributed by atoms with Crippen LogP contribution in [0.5, 0.6) is 5.75 Å². The number of anilines is 1. The zero-order valence-electron chi connectivity index (χ0n) is 16.9. The van der Waals surface area contributed by atoms with E-state index in [2.05, 4.69) is 10.3 Å². The van der Waals surface area contributed by atoms with E-state index in [-0.39, 0.29) is 5.91 Å². The fourth-order valence-corrected chi connectivity index (χ4v) is 3.67. The van der Waals surface area contributed by atoms with Crippen LogP contribution in [0.15, 0.2) is 91.1 Å². The quantitative estimate of drug-likeness (QED) is 0.416. The molecule has 0 atom stereocenters. The summed E-state index contributed by atoms with van der Waals surface area (Å²) in [6.45, 7) is 0. The normalized spacial score (nSPS) is 10.9. The van der Waals surface area contributed by atoms with E-state index in [4.69, 9.17) is 9.72 Å². The number of pyridine rings is 2. The number of carbonyl (C=O) groups is 1. The first kappa shape index (κ1) is 18.8. The Bertz CT molecular complexity index is 1410. The number of aromatic nitrogens is 2. The molecule has 0 radical (unpaired) electrons. The molecule has 1 amide bonds. The standard InChI is InChI=1S/C26H19N3O2/c1-31-18-13-11-17(12-14-18)25-16-21(19-6-2-3-8-23(19)28-25)26(30)29-24-10-4-9-22-20(24)7-5-15-27-22/h2-16H,1H3,(H,29,30). The molecular weight excluding hydrogens is 386 g/mol. The van der Waals surface area contributed by atoms with Gasteiger partial charge in [-0.15, -0.1) is 0 Å². The first-order valence-electron chi connectivity index (χ1n) is 9.92. The second-order valence-corrected chi connectivity index (χ2v) is 7.13. The second kappa shape index (κ2) is 7.88. The zero-order valence-corrected chi connectivity index (χ0v) is 16.9. The molecule has 5 rings (SSSR count). The van der Waals surface area contributed by atoms with Gasteiger partial charge in [0.05, 0.1) is 35.1 Å². The topological polar surface area (TPSA) is 64.1 Å². The molecular formula is C26H19N3O2. The number of ether oxygens (including phenoxy) is 1. The predicted molar refractivity (Wildman–Crippen MR) is 123 cm³/mol. The summed E-state index contributed by atoms with van der Waals surface area (Å²) in [7, 11) is 1.63. The number of hydrogen-bond acceptors (Lipinski definition) is 4. The van der Waals surface area contributed by atoms with Crippen molar-refractivity contribution in [1.29, 1.82) is 0 Å². The van der Waals surface area contributed by atoms with Crippen LogP contribution in [0.2, 0.25) is 0 Å². The van der Waals surface area contributed by atoms with Crippen molar-refractivity contribution < 1.29 is 9.53 Å². The second-order valence-electron chi connectivity index (χ2n) is 7.13. The van der Waals surface area contributed by atoms with Gasteiger partial charge in [0, 0.05) is 22.5 Å². The highest BCUT2D eigenvalue weighted by Crippen LogP contribution is 2.28. The molecule has 5 heteroatoms. The lowest BCUT2D eigenvalue weighted by molar-refractivity contribution is 0.102. The van der Waals surface area contributed by atoms with Crippen molar-refractivity contribution in [3.63, 3.8) is 0 Å². The Morgan fingerprint density at radius 3 is 2.45 bits per heavy atom. The minimum Gasteiger partial charge on any atom is -0.497 e. The Kier molecular flexibility index (Phi) is 4.77. The van der Waals surface area contributed by atoms with Crippen molar-refractivity contribution in [1.82, 2.24) is 9.97 Å². The minimum atomic E-state index is -0.190. The van der Waals surface area contributed by atoms with Gasteiger partial charge in [-0.05, 0) is 60.7 Å². The van der Waals surface area contributed by atoms with Crippen LogP contribution in [0, 0.1) is 0 Å². The van der Waals surface area contributed by atoms with Crippen molar-refractivity contribution in [3.8, 4) is 17.0 Å². The van der Waals surface area contributed by atoms with E-state index in [1.165, 1.54) is 0 Å². The molecule has 0 aliphatic heterocycles. The van der Waals surface area contributed by atoms with Gasteiger partial charge < -0.3 is 10.1 Å². The van der Waals surface area contributed by atoms with Gasteiger partial charge in [-0.2, -0.15) is 0 Å². The van der Waals surface area contributed by atoms with Crippen LogP contribution < -0.4 is 10.1 Å². The van der Waals surface area contributed by atoms with Crippen molar-refractivity contribution in [2.45, 2.75) is 0 Å². The van der Waals surface area contributed by atoms with Crippen molar-refractivity contribution in [3.05, 3.63) is 96.7 Å². The number of rotatable bonds is 4. The summed E-state index contributed by atoms with van der Waals surface area (Å²) in [5.41, 5.74) is 4.53. The Morgan fingerprint density at radius 2 is 1.61 bits per heavy atom. The zero-order chi connectivity index (χ0) is 21.2. The smallest absolute Gasteiger partial charge is 0.256 e. The van der Waals surface area contributed by atoms with E-state index in [9.17, 15) is 4.79 Å². The average Bonchev–Trinajstić information content (AvgIpc) is 2.83. The molecule has 0 bridgehead atoms. The lowest BCUT2D eigenvalue weighted by Gasteiger charge is -2.12. The first-order valence-corrected chi connectivity index (χ1v) is 9.92. The number of para-hydroxylation sites is 1. The van der Waals surface area contributed by atoms with Gasteiger partial charge in [-0.25, -0.2) is 4.98 Å². The average molecular weight is 405 g/mol. The van der Waals surface area contributed by atoms with Crippen molar-refractivity contribution >= 4 is 33.4 Å². The Hall–Kier alpha value is -4.25. The van der Waals surface area contributed by atoms with Crippen LogP contribution in [0.3, 0.4) is 0 Å². The van der Waals surface area contributed by atoms with Gasteiger partial charge in [0.1, 0.15) is 5.75 Å². The van der Waals surface area contributed by atoms with Gasteiger partial charge in [-0.3, -0.25) is 9.78 Å². The minimum absolute atomic E-state index is 0.190. The van der Waals surface area contributed by atoms with Crippen LogP contribution in [0.1, 0.15) is 10.4 Å². The molecule has 0 fully saturated rings. The monoisotopic (exact) mass is 405 g/mol. The molecule has 1 N–H and O–H groups in total. The largest absolute Gasteiger partial charge is 0.497 e. The summed E-state index contributed by atoms with van der Waals surface area (Å²) < 4.78 is 5.25. The number of amides is 1. The highest BCUT2D eigenvalue weighted by Gasteiger charge is 2.15. The molecule has 0 saturated heterocycles. The molecule has 31 heavy (non-hydrogen) atoms. The maximum Gasteiger partial charge on any atom is 0.256 e. The maximum absolute atomic E-state index is 13.4. The van der Waals surface area contributed by atoms with E-state index >= 15 is 0 Å². The van der Waals surface area contributed by atoms with Gasteiger partial charge in [0.15, 0.2) is 0 Å². The summed E-state index contributed by atoms with van der Waals surface area (Å²) in [6.07, 6.45) is 1.74. The predicted octanol–water partition coefficient (Wildman–Crippen LogP) is 5.71. The van der Waals surface area contributed by atoms with E-state index < -0.39 is 0 Å². The summed E-state index contributed by atoms with van der Waals surface area (Å²) in [5, 5.41) is 4.76. The molecule has 5 nitrogen and oxygen atoms in total. The molecule has 0 unspecified atom stereocenters. The van der Waals surface area contributed by atoms with Crippen LogP contribution in [0.25, 0.3) is 33.1 Å². The van der Waals surface area contributed by atoms with Gasteiger partial charge >= 0.3 is 0 Å². The lowest BCUT2D eigenvalue weighted by atomic mass is 10.0. The van der Waals surface area contributed by atoms with E-state index in [0.717, 1.165) is 44.5 Å². The lowest BCUT2D eigenvalue weighted by Crippen LogP contribution is -2.13. The molecule has 2 heterocycles. The van der Waals surface area contributed by atoms with Crippen LogP contribution in [0.4, 0.5) is 5.69 Å². The fourth-order valence-electron chi connectivity index (χ4n) is 3.67. The third kappa shape index (κ3) is 3.57. The SMILES string of the molecule is COc1ccc(-c2cc(C(=O)Nc3cccc4ncccc34)c3ccccc3n2)cc1. The third-order valence-electron chi connectivity index (χ3n) is 5.24. The molecule has 3 aromatic carbocycles. The first-order chi connectivity index (χ1) is 15.2. The van der Waals surface area contributed by atoms with Crippen molar-refractivity contribution in [2.24, 2.45) is 0 Å². The Labute approximate surface area is 179 Å². The summed E-state index contributed by atoms with van der Waals surface area (Å²) in [6, 6.07) is 26.7.